The molecule has 3 nitrogen and oxygen atoms in total. The Morgan fingerprint density at radius 3 is 2.81 bits per heavy atom. The van der Waals surface area contributed by atoms with Gasteiger partial charge in [-0.15, -0.1) is 11.3 Å². The van der Waals surface area contributed by atoms with Crippen LogP contribution < -0.4 is 5.32 Å². The lowest BCUT2D eigenvalue weighted by atomic mass is 9.76. The van der Waals surface area contributed by atoms with Gasteiger partial charge in [-0.2, -0.15) is 0 Å². The molecule has 0 aliphatic heterocycles. The molecule has 2 N–H and O–H groups in total. The standard InChI is InChI=1S/C17H23NO2S/c1-13-11-15(21-14(13)7-6-10-19)16(20)18-12-17(2)8-4-3-5-9-17/h11,19H,3-5,8-10,12H2,1-2H3,(H,18,20). The topological polar surface area (TPSA) is 49.3 Å². The van der Waals surface area contributed by atoms with Gasteiger partial charge in [-0.05, 0) is 36.8 Å². The summed E-state index contributed by atoms with van der Waals surface area (Å²) in [7, 11) is 0. The van der Waals surface area contributed by atoms with Crippen LogP contribution in [-0.2, 0) is 0 Å². The molecule has 0 atom stereocenters. The Hall–Kier alpha value is -1.31. The third kappa shape index (κ3) is 4.33. The highest BCUT2D eigenvalue weighted by molar-refractivity contribution is 7.14. The number of amides is 1. The minimum atomic E-state index is -0.156. The predicted molar refractivity (Wildman–Crippen MR) is 86.5 cm³/mol. The zero-order chi connectivity index (χ0) is 15.3. The maximum atomic E-state index is 12.3. The van der Waals surface area contributed by atoms with E-state index in [0.717, 1.165) is 17.0 Å². The molecular formula is C17H23NO2S. The van der Waals surface area contributed by atoms with Crippen molar-refractivity contribution >= 4 is 17.2 Å². The molecule has 1 aliphatic rings. The molecular weight excluding hydrogens is 282 g/mol. The molecule has 114 valence electrons. The molecule has 4 heteroatoms. The lowest BCUT2D eigenvalue weighted by Crippen LogP contribution is -2.36. The second-order valence-corrected chi connectivity index (χ2v) is 7.19. The van der Waals surface area contributed by atoms with Crippen LogP contribution in [0.4, 0.5) is 0 Å². The van der Waals surface area contributed by atoms with Crippen molar-refractivity contribution in [3.8, 4) is 11.8 Å². The van der Waals surface area contributed by atoms with Gasteiger partial charge < -0.3 is 10.4 Å². The van der Waals surface area contributed by atoms with Gasteiger partial charge >= 0.3 is 0 Å². The normalized spacial score (nSPS) is 16.9. The van der Waals surface area contributed by atoms with Gasteiger partial charge in [0.2, 0.25) is 0 Å². The number of carbonyl (C=O) groups is 1. The van der Waals surface area contributed by atoms with Crippen molar-refractivity contribution in [1.29, 1.82) is 0 Å². The summed E-state index contributed by atoms with van der Waals surface area (Å²) in [6.45, 7) is 4.80. The number of carbonyl (C=O) groups excluding carboxylic acids is 1. The van der Waals surface area contributed by atoms with Crippen LogP contribution in [0.5, 0.6) is 0 Å². The minimum absolute atomic E-state index is 0.00746. The molecule has 0 spiro atoms. The van der Waals surface area contributed by atoms with Crippen LogP contribution in [0, 0.1) is 24.2 Å². The summed E-state index contributed by atoms with van der Waals surface area (Å²) >= 11 is 1.40. The quantitative estimate of drug-likeness (QED) is 0.843. The number of hydrogen-bond acceptors (Lipinski definition) is 3. The zero-order valence-corrected chi connectivity index (χ0v) is 13.6. The van der Waals surface area contributed by atoms with Crippen molar-refractivity contribution in [2.24, 2.45) is 5.41 Å². The highest BCUT2D eigenvalue weighted by Crippen LogP contribution is 2.35. The smallest absolute Gasteiger partial charge is 0.261 e. The van der Waals surface area contributed by atoms with Crippen molar-refractivity contribution in [3.63, 3.8) is 0 Å². The Labute approximate surface area is 130 Å². The van der Waals surface area contributed by atoms with E-state index in [1.54, 1.807) is 0 Å². The molecule has 2 rings (SSSR count). The maximum Gasteiger partial charge on any atom is 0.261 e. The van der Waals surface area contributed by atoms with E-state index in [4.69, 9.17) is 5.11 Å². The summed E-state index contributed by atoms with van der Waals surface area (Å²) in [5.41, 5.74) is 1.25. The Morgan fingerprint density at radius 1 is 1.43 bits per heavy atom. The molecule has 0 saturated heterocycles. The molecule has 1 aliphatic carbocycles. The summed E-state index contributed by atoms with van der Waals surface area (Å²) in [4.78, 5) is 13.8. The molecule has 0 bridgehead atoms. The molecule has 1 fully saturated rings. The molecule has 0 radical (unpaired) electrons. The summed E-state index contributed by atoms with van der Waals surface area (Å²) in [6.07, 6.45) is 6.26. The summed E-state index contributed by atoms with van der Waals surface area (Å²) in [5.74, 6) is 5.51. The van der Waals surface area contributed by atoms with Crippen molar-refractivity contribution < 1.29 is 9.90 Å². The Bertz CT molecular complexity index is 559. The first kappa shape index (κ1) is 16.1. The average Bonchev–Trinajstić information content (AvgIpc) is 2.85. The summed E-state index contributed by atoms with van der Waals surface area (Å²) < 4.78 is 0. The fourth-order valence-corrected chi connectivity index (χ4v) is 3.76. The van der Waals surface area contributed by atoms with Gasteiger partial charge in [0.05, 0.1) is 9.75 Å². The largest absolute Gasteiger partial charge is 0.384 e. The van der Waals surface area contributed by atoms with Crippen LogP contribution in [0.15, 0.2) is 6.07 Å². The van der Waals surface area contributed by atoms with E-state index in [1.165, 1.54) is 43.4 Å². The van der Waals surface area contributed by atoms with Crippen molar-refractivity contribution in [3.05, 3.63) is 21.4 Å². The van der Waals surface area contributed by atoms with Crippen molar-refractivity contribution in [2.45, 2.75) is 46.0 Å². The van der Waals surface area contributed by atoms with Crippen LogP contribution in [0.3, 0.4) is 0 Å². The Balaban J connectivity index is 1.97. The summed E-state index contributed by atoms with van der Waals surface area (Å²) in [6, 6.07) is 1.88. The van der Waals surface area contributed by atoms with Crippen LogP contribution in [0.25, 0.3) is 0 Å². The van der Waals surface area contributed by atoms with E-state index in [1.807, 2.05) is 13.0 Å². The molecule has 21 heavy (non-hydrogen) atoms. The fraction of sp³-hybridized carbons (Fsp3) is 0.588. The van der Waals surface area contributed by atoms with E-state index in [9.17, 15) is 4.79 Å². The lowest BCUT2D eigenvalue weighted by Gasteiger charge is -2.33. The molecule has 1 heterocycles. The Morgan fingerprint density at radius 2 is 2.14 bits per heavy atom. The van der Waals surface area contributed by atoms with Crippen LogP contribution in [0.2, 0.25) is 0 Å². The van der Waals surface area contributed by atoms with E-state index >= 15 is 0 Å². The first-order chi connectivity index (χ1) is 10.0. The van der Waals surface area contributed by atoms with Gasteiger partial charge in [0.15, 0.2) is 0 Å². The highest BCUT2D eigenvalue weighted by atomic mass is 32.1. The molecule has 0 aromatic carbocycles. The van der Waals surface area contributed by atoms with Gasteiger partial charge in [0, 0.05) is 6.54 Å². The van der Waals surface area contributed by atoms with Crippen molar-refractivity contribution in [2.75, 3.05) is 13.2 Å². The number of aryl methyl sites for hydroxylation is 1. The third-order valence-electron chi connectivity index (χ3n) is 4.16. The van der Waals surface area contributed by atoms with Gasteiger partial charge in [-0.25, -0.2) is 0 Å². The highest BCUT2D eigenvalue weighted by Gasteiger charge is 2.27. The predicted octanol–water partition coefficient (Wildman–Crippen LogP) is 3.10. The van der Waals surface area contributed by atoms with Gasteiger partial charge in [-0.3, -0.25) is 4.79 Å². The summed E-state index contributed by atoms with van der Waals surface area (Å²) in [5, 5.41) is 11.8. The number of nitrogens with one attached hydrogen (secondary N) is 1. The van der Waals surface area contributed by atoms with E-state index in [2.05, 4.69) is 24.1 Å². The first-order valence-electron chi connectivity index (χ1n) is 7.52. The van der Waals surface area contributed by atoms with E-state index in [-0.39, 0.29) is 17.9 Å². The second kappa shape index (κ2) is 7.11. The SMILES string of the molecule is Cc1cc(C(=O)NCC2(C)CCCCC2)sc1C#CCO. The first-order valence-corrected chi connectivity index (χ1v) is 8.34. The average molecular weight is 305 g/mol. The van der Waals surface area contributed by atoms with Gasteiger partial charge in [-0.1, -0.05) is 38.0 Å². The zero-order valence-electron chi connectivity index (χ0n) is 12.8. The Kier molecular flexibility index (Phi) is 5.44. The maximum absolute atomic E-state index is 12.3. The van der Waals surface area contributed by atoms with Gasteiger partial charge in [0.25, 0.3) is 5.91 Å². The number of aliphatic hydroxyl groups excluding tert-OH is 1. The van der Waals surface area contributed by atoms with E-state index < -0.39 is 0 Å². The fourth-order valence-electron chi connectivity index (χ4n) is 2.80. The number of rotatable bonds is 3. The molecule has 1 aromatic heterocycles. The number of hydrogen-bond donors (Lipinski definition) is 2. The minimum Gasteiger partial charge on any atom is -0.384 e. The van der Waals surface area contributed by atoms with Crippen molar-refractivity contribution in [1.82, 2.24) is 5.32 Å². The molecule has 1 aromatic rings. The third-order valence-corrected chi connectivity index (χ3v) is 5.31. The monoisotopic (exact) mass is 305 g/mol. The van der Waals surface area contributed by atoms with E-state index in [0.29, 0.717) is 4.88 Å². The van der Waals surface area contributed by atoms with Crippen LogP contribution in [0.1, 0.15) is 59.1 Å². The number of thiophene rings is 1. The van der Waals surface area contributed by atoms with Crippen LogP contribution in [-0.4, -0.2) is 24.2 Å². The molecule has 0 unspecified atom stereocenters. The molecule has 1 amide bonds. The lowest BCUT2D eigenvalue weighted by molar-refractivity contribution is 0.0923. The van der Waals surface area contributed by atoms with Gasteiger partial charge in [0.1, 0.15) is 6.61 Å². The van der Waals surface area contributed by atoms with Crippen LogP contribution >= 0.6 is 11.3 Å². The number of aliphatic hydroxyl groups is 1. The second-order valence-electron chi connectivity index (χ2n) is 6.14. The molecule has 1 saturated carbocycles.